The minimum absolute atomic E-state index is 0.198. The fourth-order valence-corrected chi connectivity index (χ4v) is 3.85. The summed E-state index contributed by atoms with van der Waals surface area (Å²) in [6.45, 7) is 7.03. The molecular weight excluding hydrogens is 374 g/mol. The second kappa shape index (κ2) is 8.10. The van der Waals surface area contributed by atoms with Crippen LogP contribution in [0.15, 0.2) is 40.4 Å². The van der Waals surface area contributed by atoms with Crippen LogP contribution < -0.4 is 4.90 Å². The molecule has 1 saturated heterocycles. The van der Waals surface area contributed by atoms with Crippen molar-refractivity contribution in [3.63, 3.8) is 0 Å². The van der Waals surface area contributed by atoms with E-state index in [1.54, 1.807) is 17.5 Å². The van der Waals surface area contributed by atoms with Gasteiger partial charge in [-0.2, -0.15) is 4.98 Å². The summed E-state index contributed by atoms with van der Waals surface area (Å²) >= 11 is 1.63. The van der Waals surface area contributed by atoms with Gasteiger partial charge in [0.05, 0.1) is 6.42 Å². The Labute approximate surface area is 168 Å². The minimum Gasteiger partial charge on any atom is -0.353 e. The Kier molecular flexibility index (Phi) is 5.38. The van der Waals surface area contributed by atoms with E-state index < -0.39 is 0 Å². The lowest BCUT2D eigenvalue weighted by molar-refractivity contribution is -0.130. The number of nitrogens with zero attached hydrogens (tertiary/aromatic N) is 5. The molecule has 0 atom stereocenters. The first-order valence-corrected chi connectivity index (χ1v) is 10.3. The Bertz CT molecular complexity index is 912. The number of amides is 1. The number of thiophene rings is 1. The van der Waals surface area contributed by atoms with Crippen LogP contribution in [0, 0.1) is 0 Å². The first-order chi connectivity index (χ1) is 13.6. The molecule has 4 heterocycles. The van der Waals surface area contributed by atoms with Crippen molar-refractivity contribution < 1.29 is 9.32 Å². The van der Waals surface area contributed by atoms with Crippen molar-refractivity contribution in [3.8, 4) is 11.4 Å². The molecule has 28 heavy (non-hydrogen) atoms. The maximum absolute atomic E-state index is 12.4. The van der Waals surface area contributed by atoms with Gasteiger partial charge >= 0.3 is 0 Å². The number of hydrogen-bond acceptors (Lipinski definition) is 7. The minimum atomic E-state index is 0.198. The van der Waals surface area contributed by atoms with E-state index in [0.717, 1.165) is 42.4 Å². The number of carbonyl (C=O) groups is 1. The number of rotatable bonds is 5. The second-order valence-electron chi connectivity index (χ2n) is 7.14. The second-order valence-corrected chi connectivity index (χ2v) is 8.17. The third kappa shape index (κ3) is 4.06. The highest BCUT2D eigenvalue weighted by atomic mass is 32.1. The maximum atomic E-state index is 12.4. The van der Waals surface area contributed by atoms with Gasteiger partial charge in [0.25, 0.3) is 0 Å². The zero-order valence-corrected chi connectivity index (χ0v) is 16.9. The molecule has 3 aromatic heterocycles. The molecule has 0 aliphatic carbocycles. The summed E-state index contributed by atoms with van der Waals surface area (Å²) in [5, 5.41) is 6.03. The molecule has 0 radical (unpaired) electrons. The fourth-order valence-electron chi connectivity index (χ4n) is 3.15. The number of anilines is 1. The highest BCUT2D eigenvalue weighted by Crippen LogP contribution is 2.22. The third-order valence-corrected chi connectivity index (χ3v) is 5.68. The molecule has 0 saturated carbocycles. The highest BCUT2D eigenvalue weighted by molar-refractivity contribution is 7.10. The topological polar surface area (TPSA) is 75.4 Å². The van der Waals surface area contributed by atoms with Gasteiger partial charge in [-0.05, 0) is 23.6 Å². The fraction of sp³-hybridized carbons (Fsp3) is 0.400. The van der Waals surface area contributed by atoms with E-state index in [0.29, 0.717) is 18.1 Å². The Morgan fingerprint density at radius 1 is 1.21 bits per heavy atom. The number of hydrogen-bond donors (Lipinski definition) is 0. The van der Waals surface area contributed by atoms with E-state index >= 15 is 0 Å². The predicted octanol–water partition coefficient (Wildman–Crippen LogP) is 3.21. The molecule has 1 aliphatic rings. The summed E-state index contributed by atoms with van der Waals surface area (Å²) in [7, 11) is 0. The molecule has 0 spiro atoms. The summed E-state index contributed by atoms with van der Waals surface area (Å²) < 4.78 is 5.26. The van der Waals surface area contributed by atoms with E-state index in [4.69, 9.17) is 4.52 Å². The molecule has 0 aromatic carbocycles. The van der Waals surface area contributed by atoms with Crippen LogP contribution in [-0.4, -0.2) is 52.1 Å². The zero-order valence-electron chi connectivity index (χ0n) is 16.0. The van der Waals surface area contributed by atoms with Crippen LogP contribution in [0.2, 0.25) is 0 Å². The average molecular weight is 398 g/mol. The van der Waals surface area contributed by atoms with Crippen molar-refractivity contribution in [2.75, 3.05) is 31.1 Å². The number of piperazine rings is 1. The number of pyridine rings is 1. The van der Waals surface area contributed by atoms with E-state index in [1.807, 2.05) is 48.4 Å². The van der Waals surface area contributed by atoms with Gasteiger partial charge in [-0.1, -0.05) is 25.1 Å². The van der Waals surface area contributed by atoms with Crippen LogP contribution >= 0.6 is 11.3 Å². The first-order valence-electron chi connectivity index (χ1n) is 9.45. The van der Waals surface area contributed by atoms with Gasteiger partial charge in [-0.25, -0.2) is 4.98 Å². The van der Waals surface area contributed by atoms with Crippen molar-refractivity contribution in [2.45, 2.75) is 26.2 Å². The zero-order chi connectivity index (χ0) is 19.5. The average Bonchev–Trinajstić information content (AvgIpc) is 3.40. The Balaban J connectivity index is 1.35. The molecule has 1 aliphatic heterocycles. The smallest absolute Gasteiger partial charge is 0.229 e. The lowest BCUT2D eigenvalue weighted by atomic mass is 10.2. The molecule has 1 amide bonds. The third-order valence-electron chi connectivity index (χ3n) is 4.80. The summed E-state index contributed by atoms with van der Waals surface area (Å²) in [4.78, 5) is 26.7. The molecule has 0 N–H and O–H groups in total. The maximum Gasteiger partial charge on any atom is 0.229 e. The Morgan fingerprint density at radius 3 is 2.64 bits per heavy atom. The standard InChI is InChI=1S/C20H23N5O2S/c1-14(2)20-22-19(23-27-20)15-5-6-17(21-13-15)24-7-9-25(10-8-24)18(26)12-16-4-3-11-28-16/h3-6,11,13-14H,7-10,12H2,1-2H3. The molecule has 7 nitrogen and oxygen atoms in total. The van der Waals surface area contributed by atoms with E-state index in [9.17, 15) is 4.79 Å². The molecule has 1 fully saturated rings. The van der Waals surface area contributed by atoms with Gasteiger partial charge < -0.3 is 14.3 Å². The highest BCUT2D eigenvalue weighted by Gasteiger charge is 2.22. The van der Waals surface area contributed by atoms with Crippen LogP contribution in [-0.2, 0) is 11.2 Å². The van der Waals surface area contributed by atoms with Crippen molar-refractivity contribution in [2.24, 2.45) is 0 Å². The number of aromatic nitrogens is 3. The van der Waals surface area contributed by atoms with Gasteiger partial charge in [0, 0.05) is 48.7 Å². The van der Waals surface area contributed by atoms with Crippen LogP contribution in [0.5, 0.6) is 0 Å². The number of carbonyl (C=O) groups excluding carboxylic acids is 1. The van der Waals surface area contributed by atoms with Crippen molar-refractivity contribution >= 4 is 23.1 Å². The SMILES string of the molecule is CC(C)c1nc(-c2ccc(N3CCN(C(=O)Cc4cccs4)CC3)nc2)no1. The van der Waals surface area contributed by atoms with Crippen LogP contribution in [0.1, 0.15) is 30.5 Å². The molecule has 0 unspecified atom stereocenters. The largest absolute Gasteiger partial charge is 0.353 e. The summed E-state index contributed by atoms with van der Waals surface area (Å²) in [6, 6.07) is 7.94. The molecule has 8 heteroatoms. The molecule has 0 bridgehead atoms. The monoisotopic (exact) mass is 397 g/mol. The van der Waals surface area contributed by atoms with E-state index in [1.165, 1.54) is 0 Å². The van der Waals surface area contributed by atoms with Crippen molar-refractivity contribution in [1.29, 1.82) is 0 Å². The van der Waals surface area contributed by atoms with Crippen LogP contribution in [0.3, 0.4) is 0 Å². The van der Waals surface area contributed by atoms with E-state index in [-0.39, 0.29) is 11.8 Å². The normalized spacial score (nSPS) is 14.7. The predicted molar refractivity (Wildman–Crippen MR) is 108 cm³/mol. The Morgan fingerprint density at radius 2 is 2.04 bits per heavy atom. The van der Waals surface area contributed by atoms with Gasteiger partial charge in [-0.3, -0.25) is 4.79 Å². The van der Waals surface area contributed by atoms with Gasteiger partial charge in [-0.15, -0.1) is 11.3 Å². The molecule has 4 rings (SSSR count). The molecule has 3 aromatic rings. The quantitative estimate of drug-likeness (QED) is 0.658. The van der Waals surface area contributed by atoms with Crippen molar-refractivity contribution in [3.05, 3.63) is 46.6 Å². The van der Waals surface area contributed by atoms with Crippen LogP contribution in [0.4, 0.5) is 5.82 Å². The van der Waals surface area contributed by atoms with Crippen molar-refractivity contribution in [1.82, 2.24) is 20.0 Å². The Hall–Kier alpha value is -2.74. The molecular formula is C20H23N5O2S. The lowest BCUT2D eigenvalue weighted by Gasteiger charge is -2.35. The van der Waals surface area contributed by atoms with Gasteiger partial charge in [0.15, 0.2) is 0 Å². The summed E-state index contributed by atoms with van der Waals surface area (Å²) in [6.07, 6.45) is 2.27. The first kappa shape index (κ1) is 18.6. The van der Waals surface area contributed by atoms with E-state index in [2.05, 4.69) is 20.0 Å². The van der Waals surface area contributed by atoms with Crippen LogP contribution in [0.25, 0.3) is 11.4 Å². The lowest BCUT2D eigenvalue weighted by Crippen LogP contribution is -2.49. The summed E-state index contributed by atoms with van der Waals surface area (Å²) in [5.74, 6) is 2.49. The van der Waals surface area contributed by atoms with Gasteiger partial charge in [0.1, 0.15) is 5.82 Å². The molecule has 146 valence electrons. The van der Waals surface area contributed by atoms with Gasteiger partial charge in [0.2, 0.25) is 17.6 Å². The summed E-state index contributed by atoms with van der Waals surface area (Å²) in [5.41, 5.74) is 0.837.